The lowest BCUT2D eigenvalue weighted by Gasteiger charge is -2.06. The summed E-state index contributed by atoms with van der Waals surface area (Å²) in [6.45, 7) is 0.414. The maximum absolute atomic E-state index is 14.0. The zero-order chi connectivity index (χ0) is 19.3. The second-order valence-electron chi connectivity index (χ2n) is 6.39. The van der Waals surface area contributed by atoms with E-state index in [4.69, 9.17) is 0 Å². The zero-order valence-corrected chi connectivity index (χ0v) is 15.0. The van der Waals surface area contributed by atoms with Crippen molar-refractivity contribution in [2.45, 2.75) is 6.54 Å². The van der Waals surface area contributed by atoms with Crippen LogP contribution in [0.5, 0.6) is 0 Å². The third-order valence-corrected chi connectivity index (χ3v) is 4.52. The Morgan fingerprint density at radius 1 is 0.964 bits per heavy atom. The van der Waals surface area contributed by atoms with E-state index in [9.17, 15) is 9.18 Å². The molecule has 138 valence electrons. The molecule has 0 bridgehead atoms. The molecule has 1 N–H and O–H groups in total. The van der Waals surface area contributed by atoms with Crippen molar-refractivity contribution in [3.63, 3.8) is 0 Å². The molecule has 0 saturated carbocycles. The molecule has 1 amide bonds. The van der Waals surface area contributed by atoms with Gasteiger partial charge in [0, 0.05) is 33.8 Å². The predicted octanol–water partition coefficient (Wildman–Crippen LogP) is 4.59. The normalized spacial score (nSPS) is 11.2. The number of nitrogens with zero attached hydrogens (tertiary/aromatic N) is 2. The first-order chi connectivity index (χ1) is 13.7. The molecule has 4 nitrogen and oxygen atoms in total. The maximum atomic E-state index is 14.0. The molecular formula is C23H18FN3O. The number of fused-ring (bicyclic) bond motifs is 1. The lowest BCUT2D eigenvalue weighted by molar-refractivity contribution is 0.0955. The first-order valence-electron chi connectivity index (χ1n) is 8.92. The molecule has 3 aromatic carbocycles. The van der Waals surface area contributed by atoms with E-state index < -0.39 is 0 Å². The van der Waals surface area contributed by atoms with Gasteiger partial charge in [0.1, 0.15) is 5.82 Å². The van der Waals surface area contributed by atoms with Gasteiger partial charge in [0.25, 0.3) is 5.91 Å². The van der Waals surface area contributed by atoms with Crippen molar-refractivity contribution in [2.75, 3.05) is 0 Å². The van der Waals surface area contributed by atoms with Crippen LogP contribution < -0.4 is 5.43 Å². The predicted molar refractivity (Wildman–Crippen MR) is 109 cm³/mol. The smallest absolute Gasteiger partial charge is 0.271 e. The number of hydrogen-bond acceptors (Lipinski definition) is 2. The quantitative estimate of drug-likeness (QED) is 0.405. The Labute approximate surface area is 161 Å². The van der Waals surface area contributed by atoms with Crippen LogP contribution in [0.15, 0.2) is 90.2 Å². The molecule has 0 aliphatic heterocycles. The van der Waals surface area contributed by atoms with Crippen molar-refractivity contribution in [1.29, 1.82) is 0 Å². The van der Waals surface area contributed by atoms with E-state index in [-0.39, 0.29) is 11.7 Å². The molecule has 0 fully saturated rings. The lowest BCUT2D eigenvalue weighted by Crippen LogP contribution is -2.17. The number of benzene rings is 3. The van der Waals surface area contributed by atoms with Crippen molar-refractivity contribution in [3.05, 3.63) is 108 Å². The Morgan fingerprint density at radius 2 is 1.68 bits per heavy atom. The lowest BCUT2D eigenvalue weighted by atomic mass is 10.2. The van der Waals surface area contributed by atoms with E-state index in [1.807, 2.05) is 47.2 Å². The van der Waals surface area contributed by atoms with E-state index >= 15 is 0 Å². The number of halogens is 1. The number of aromatic nitrogens is 1. The number of amides is 1. The molecule has 4 aromatic rings. The Balaban J connectivity index is 1.59. The van der Waals surface area contributed by atoms with E-state index in [0.29, 0.717) is 17.7 Å². The number of carbonyl (C=O) groups excluding carboxylic acids is 1. The van der Waals surface area contributed by atoms with Gasteiger partial charge < -0.3 is 4.57 Å². The second kappa shape index (κ2) is 7.88. The summed E-state index contributed by atoms with van der Waals surface area (Å²) in [5.41, 5.74) is 5.52. The van der Waals surface area contributed by atoms with Crippen LogP contribution in [0.25, 0.3) is 10.9 Å². The molecule has 0 spiro atoms. The molecule has 0 radical (unpaired) electrons. The van der Waals surface area contributed by atoms with Crippen LogP contribution in [-0.2, 0) is 6.54 Å². The van der Waals surface area contributed by atoms with Crippen LogP contribution in [0.2, 0.25) is 0 Å². The Kier molecular flexibility index (Phi) is 4.97. The largest absolute Gasteiger partial charge is 0.342 e. The molecule has 1 aromatic heterocycles. The standard InChI is InChI=1S/C23H18FN3O/c24-21-12-6-4-10-18(21)15-27-16-19(20-11-5-7-13-22(20)27)14-25-26-23(28)17-8-2-1-3-9-17/h1-14,16H,15H2,(H,26,28)/b25-14-. The number of para-hydroxylation sites is 1. The van der Waals surface area contributed by atoms with E-state index in [2.05, 4.69) is 10.5 Å². The Morgan fingerprint density at radius 3 is 2.50 bits per heavy atom. The molecule has 5 heteroatoms. The van der Waals surface area contributed by atoms with Gasteiger partial charge in [-0.15, -0.1) is 0 Å². The fraction of sp³-hybridized carbons (Fsp3) is 0.0435. The van der Waals surface area contributed by atoms with E-state index in [0.717, 1.165) is 16.5 Å². The van der Waals surface area contributed by atoms with Crippen molar-refractivity contribution in [1.82, 2.24) is 9.99 Å². The van der Waals surface area contributed by atoms with Crippen LogP contribution >= 0.6 is 0 Å². The van der Waals surface area contributed by atoms with Crippen LogP contribution in [0.4, 0.5) is 4.39 Å². The van der Waals surface area contributed by atoms with Crippen molar-refractivity contribution in [3.8, 4) is 0 Å². The Hall–Kier alpha value is -3.73. The molecule has 0 aliphatic carbocycles. The highest BCUT2D eigenvalue weighted by atomic mass is 19.1. The first-order valence-corrected chi connectivity index (χ1v) is 8.92. The average Bonchev–Trinajstić information content (AvgIpc) is 3.08. The molecule has 4 rings (SSSR count). The fourth-order valence-electron chi connectivity index (χ4n) is 3.13. The summed E-state index contributed by atoms with van der Waals surface area (Å²) in [7, 11) is 0. The van der Waals surface area contributed by atoms with Gasteiger partial charge in [-0.3, -0.25) is 4.79 Å². The summed E-state index contributed by atoms with van der Waals surface area (Å²) in [5.74, 6) is -0.502. The van der Waals surface area contributed by atoms with Gasteiger partial charge in [-0.25, -0.2) is 9.82 Å². The molecule has 1 heterocycles. The van der Waals surface area contributed by atoms with Gasteiger partial charge in [-0.2, -0.15) is 5.10 Å². The zero-order valence-electron chi connectivity index (χ0n) is 15.0. The SMILES string of the molecule is O=C(N/N=C\c1cn(Cc2ccccc2F)c2ccccc12)c1ccccc1. The minimum Gasteiger partial charge on any atom is -0.342 e. The molecule has 28 heavy (non-hydrogen) atoms. The van der Waals surface area contributed by atoms with Crippen LogP contribution in [-0.4, -0.2) is 16.7 Å². The molecule has 0 saturated heterocycles. The summed E-state index contributed by atoms with van der Waals surface area (Å²) in [5, 5.41) is 5.08. The van der Waals surface area contributed by atoms with Crippen LogP contribution in [0.3, 0.4) is 0 Å². The third-order valence-electron chi connectivity index (χ3n) is 4.52. The highest BCUT2D eigenvalue weighted by molar-refractivity contribution is 6.00. The Bertz CT molecular complexity index is 1150. The van der Waals surface area contributed by atoms with Gasteiger partial charge in [0.15, 0.2) is 0 Å². The van der Waals surface area contributed by atoms with Gasteiger partial charge in [0.2, 0.25) is 0 Å². The van der Waals surface area contributed by atoms with Gasteiger partial charge >= 0.3 is 0 Å². The van der Waals surface area contributed by atoms with Crippen molar-refractivity contribution < 1.29 is 9.18 Å². The minimum atomic E-state index is -0.271. The molecule has 0 unspecified atom stereocenters. The van der Waals surface area contributed by atoms with Gasteiger partial charge in [-0.05, 0) is 24.3 Å². The number of nitrogens with one attached hydrogen (secondary N) is 1. The minimum absolute atomic E-state index is 0.231. The number of hydrazone groups is 1. The summed E-state index contributed by atoms with van der Waals surface area (Å²) in [6.07, 6.45) is 3.52. The molecular weight excluding hydrogens is 353 g/mol. The van der Waals surface area contributed by atoms with Crippen molar-refractivity contribution >= 4 is 23.0 Å². The summed E-state index contributed by atoms with van der Waals surface area (Å²) in [6, 6.07) is 23.5. The summed E-state index contributed by atoms with van der Waals surface area (Å²) >= 11 is 0. The average molecular weight is 371 g/mol. The second-order valence-corrected chi connectivity index (χ2v) is 6.39. The van der Waals surface area contributed by atoms with Crippen LogP contribution in [0, 0.1) is 5.82 Å². The highest BCUT2D eigenvalue weighted by Crippen LogP contribution is 2.22. The van der Waals surface area contributed by atoms with Crippen molar-refractivity contribution in [2.24, 2.45) is 5.10 Å². The van der Waals surface area contributed by atoms with E-state index in [1.54, 1.807) is 42.6 Å². The maximum Gasteiger partial charge on any atom is 0.271 e. The van der Waals surface area contributed by atoms with Gasteiger partial charge in [-0.1, -0.05) is 54.6 Å². The van der Waals surface area contributed by atoms with E-state index in [1.165, 1.54) is 6.07 Å². The number of rotatable bonds is 5. The molecule has 0 atom stereocenters. The third kappa shape index (κ3) is 3.69. The number of carbonyl (C=O) groups is 1. The summed E-state index contributed by atoms with van der Waals surface area (Å²) in [4.78, 5) is 12.1. The highest BCUT2D eigenvalue weighted by Gasteiger charge is 2.09. The summed E-state index contributed by atoms with van der Waals surface area (Å²) < 4.78 is 16.0. The fourth-order valence-corrected chi connectivity index (χ4v) is 3.13. The topological polar surface area (TPSA) is 46.4 Å². The number of hydrogen-bond donors (Lipinski definition) is 1. The van der Waals surface area contributed by atoms with Crippen LogP contribution in [0.1, 0.15) is 21.5 Å². The molecule has 0 aliphatic rings. The first kappa shape index (κ1) is 17.7. The van der Waals surface area contributed by atoms with Gasteiger partial charge in [0.05, 0.1) is 12.8 Å². The monoisotopic (exact) mass is 371 g/mol.